The van der Waals surface area contributed by atoms with Gasteiger partial charge in [0.05, 0.1) is 0 Å². The second kappa shape index (κ2) is 9.22. The zero-order valence-electron chi connectivity index (χ0n) is 6.39. The molecule has 11 heavy (non-hydrogen) atoms. The molecule has 0 saturated heterocycles. The third-order valence-electron chi connectivity index (χ3n) is 0.833. The van der Waals surface area contributed by atoms with Gasteiger partial charge in [-0.2, -0.15) is 0 Å². The van der Waals surface area contributed by atoms with E-state index in [1.54, 1.807) is 0 Å². The first-order valence-electron chi connectivity index (χ1n) is 3.22. The van der Waals surface area contributed by atoms with E-state index in [1.807, 2.05) is 46.3 Å². The van der Waals surface area contributed by atoms with Gasteiger partial charge >= 0.3 is 38.1 Å². The minimum absolute atomic E-state index is 0.917. The molecule has 0 aromatic heterocycles. The van der Waals surface area contributed by atoms with Crippen molar-refractivity contribution in [3.63, 3.8) is 0 Å². The van der Waals surface area contributed by atoms with Crippen LogP contribution in [0.5, 0.6) is 0 Å². The summed E-state index contributed by atoms with van der Waals surface area (Å²) >= 11 is 0.917. The van der Waals surface area contributed by atoms with Crippen molar-refractivity contribution in [1.82, 2.24) is 0 Å². The Bertz CT molecular complexity index is 147. The van der Waals surface area contributed by atoms with Gasteiger partial charge in [0.2, 0.25) is 0 Å². The molecule has 1 rings (SSSR count). The van der Waals surface area contributed by atoms with Crippen molar-refractivity contribution < 1.29 is 15.0 Å². The quantitative estimate of drug-likeness (QED) is 0.625. The molecule has 0 nitrogen and oxygen atoms in total. The molecule has 1 aromatic carbocycles. The predicted molar refractivity (Wildman–Crippen MR) is 46.8 cm³/mol. The van der Waals surface area contributed by atoms with Crippen LogP contribution in [0.4, 0.5) is 0 Å². The van der Waals surface area contributed by atoms with Crippen molar-refractivity contribution in [2.24, 2.45) is 0 Å². The van der Waals surface area contributed by atoms with E-state index < -0.39 is 0 Å². The van der Waals surface area contributed by atoms with E-state index in [1.165, 1.54) is 0 Å². The smallest absolute Gasteiger partial charge is 0.0623 e. The molecule has 1 heteroatoms. The molecule has 0 spiro atoms. The van der Waals surface area contributed by atoms with E-state index in [9.17, 15) is 0 Å². The van der Waals surface area contributed by atoms with Gasteiger partial charge in [-0.3, -0.25) is 0 Å². The molecule has 0 fully saturated rings. The average molecular weight is 188 g/mol. The molecule has 0 atom stereocenters. The van der Waals surface area contributed by atoms with Crippen LogP contribution in [0.3, 0.4) is 0 Å². The summed E-state index contributed by atoms with van der Waals surface area (Å²) in [6.07, 6.45) is 0. The Morgan fingerprint density at radius 2 is 1.00 bits per heavy atom. The van der Waals surface area contributed by atoms with Crippen LogP contribution < -0.4 is 0 Å². The zero-order valence-corrected chi connectivity index (χ0v) is 7.49. The number of rotatable bonds is 2. The first-order valence-corrected chi connectivity index (χ1v) is 4.50. The van der Waals surface area contributed by atoms with Gasteiger partial charge in [-0.1, -0.05) is 36.4 Å². The molecule has 0 radical (unpaired) electrons. The number of benzene rings is 1. The van der Waals surface area contributed by atoms with E-state index in [0.29, 0.717) is 0 Å². The van der Waals surface area contributed by atoms with Crippen molar-refractivity contribution in [3.8, 4) is 0 Å². The van der Waals surface area contributed by atoms with Crippen LogP contribution in [0.1, 0.15) is 0 Å². The Kier molecular flexibility index (Phi) is 8.57. The Balaban J connectivity index is 0.000000187. The third kappa shape index (κ3) is 9.22. The van der Waals surface area contributed by atoms with Crippen molar-refractivity contribution >= 4 is 0 Å². The monoisotopic (exact) mass is 188 g/mol. The molecule has 1 aromatic rings. The molecule has 0 aliphatic carbocycles. The van der Waals surface area contributed by atoms with Gasteiger partial charge in [0.1, 0.15) is 0 Å². The van der Waals surface area contributed by atoms with E-state index in [2.05, 4.69) is 13.2 Å². The molecule has 0 aliphatic rings. The predicted octanol–water partition coefficient (Wildman–Crippen LogP) is 3.04. The van der Waals surface area contributed by atoms with E-state index >= 15 is 0 Å². The van der Waals surface area contributed by atoms with Gasteiger partial charge in [0.15, 0.2) is 0 Å². The maximum atomic E-state index is 3.48. The summed E-state index contributed by atoms with van der Waals surface area (Å²) in [5.41, 5.74) is 0. The Morgan fingerprint density at radius 3 is 1.09 bits per heavy atom. The van der Waals surface area contributed by atoms with Gasteiger partial charge in [0.25, 0.3) is 0 Å². The fourth-order valence-electron chi connectivity index (χ4n) is 0.444. The molecule has 0 saturated carbocycles. The van der Waals surface area contributed by atoms with Gasteiger partial charge in [0, 0.05) is 0 Å². The van der Waals surface area contributed by atoms with E-state index in [4.69, 9.17) is 0 Å². The van der Waals surface area contributed by atoms with Gasteiger partial charge in [-0.25, -0.2) is 0 Å². The number of hydrogen-bond donors (Lipinski definition) is 0. The summed E-state index contributed by atoms with van der Waals surface area (Å²) in [4.78, 5) is 3.62. The summed E-state index contributed by atoms with van der Waals surface area (Å²) in [5.74, 6) is 0. The van der Waals surface area contributed by atoms with Crippen molar-refractivity contribution in [3.05, 3.63) is 59.5 Å². The minimum Gasteiger partial charge on any atom is -0.0623 e. The van der Waals surface area contributed by atoms with Crippen LogP contribution in [0, 0.1) is 0 Å². The molecule has 0 unspecified atom stereocenters. The van der Waals surface area contributed by atoms with Crippen LogP contribution in [-0.4, -0.2) is 0 Å². The Labute approximate surface area is 74.8 Å². The summed E-state index contributed by atoms with van der Waals surface area (Å²) in [6.45, 7) is 6.96. The molecule has 0 heterocycles. The van der Waals surface area contributed by atoms with Gasteiger partial charge in [-0.15, -0.1) is 0 Å². The summed E-state index contributed by atoms with van der Waals surface area (Å²) in [7, 11) is 0. The van der Waals surface area contributed by atoms with Crippen molar-refractivity contribution in [2.45, 2.75) is 0 Å². The fraction of sp³-hybridized carbons (Fsp3) is 0. The number of hydrogen-bond acceptors (Lipinski definition) is 0. The average Bonchev–Trinajstić information content (AvgIpc) is 2.10. The summed E-state index contributed by atoms with van der Waals surface area (Å²) < 4.78 is 0. The third-order valence-corrected chi connectivity index (χ3v) is 1.35. The Hall–Kier alpha value is -0.781. The standard InChI is InChI=1S/C6H6.2C2H3.Fe/c1-2-4-6-5-3-1;2*1-2;/h1-6H;2*1H,2H2;. The first-order chi connectivity index (χ1) is 5.41. The van der Waals surface area contributed by atoms with Gasteiger partial charge in [-0.05, 0) is 0 Å². The van der Waals surface area contributed by atoms with E-state index in [0.717, 1.165) is 15.0 Å². The van der Waals surface area contributed by atoms with Crippen molar-refractivity contribution in [2.75, 3.05) is 0 Å². The Morgan fingerprint density at radius 1 is 0.727 bits per heavy atom. The minimum atomic E-state index is 0.917. The molecular formula is C10H12Fe. The molecule has 0 aliphatic heterocycles. The summed E-state index contributed by atoms with van der Waals surface area (Å²) in [5, 5.41) is 0. The molecule has 0 bridgehead atoms. The molecular weight excluding hydrogens is 176 g/mol. The maximum absolute atomic E-state index is 3.48. The molecule has 0 amide bonds. The normalized spacial score (nSPS) is 7.64. The fourth-order valence-corrected chi connectivity index (χ4v) is 0.628. The van der Waals surface area contributed by atoms with Crippen molar-refractivity contribution in [1.29, 1.82) is 0 Å². The van der Waals surface area contributed by atoms with Crippen LogP contribution >= 0.6 is 0 Å². The SMILES string of the molecule is C=[CH][Fe][CH]=C.c1ccccc1. The van der Waals surface area contributed by atoms with Crippen LogP contribution in [0.2, 0.25) is 0 Å². The van der Waals surface area contributed by atoms with Gasteiger partial charge < -0.3 is 0 Å². The molecule has 60 valence electrons. The van der Waals surface area contributed by atoms with Crippen LogP contribution in [0.15, 0.2) is 59.5 Å². The maximum Gasteiger partial charge on any atom is -0.0623 e. The topological polar surface area (TPSA) is 0 Å². The summed E-state index contributed by atoms with van der Waals surface area (Å²) in [6, 6.07) is 12.0. The van der Waals surface area contributed by atoms with Crippen LogP contribution in [-0.2, 0) is 15.0 Å². The molecule has 0 N–H and O–H groups in total. The zero-order chi connectivity index (χ0) is 8.36. The van der Waals surface area contributed by atoms with Crippen LogP contribution in [0.25, 0.3) is 0 Å². The second-order valence-corrected chi connectivity index (χ2v) is 2.83. The first kappa shape index (κ1) is 10.2. The second-order valence-electron chi connectivity index (χ2n) is 1.56. The largest absolute Gasteiger partial charge is 0.0623 e. The van der Waals surface area contributed by atoms with E-state index in [-0.39, 0.29) is 0 Å².